The second-order valence-electron chi connectivity index (χ2n) is 4.98. The molecule has 1 N–H and O–H groups in total. The van der Waals surface area contributed by atoms with Crippen LogP contribution in [0, 0.1) is 10.1 Å². The first-order chi connectivity index (χ1) is 10.1. The Morgan fingerprint density at radius 3 is 2.45 bits per heavy atom. The number of benzene rings is 1. The van der Waals surface area contributed by atoms with Crippen molar-refractivity contribution in [1.82, 2.24) is 4.31 Å². The van der Waals surface area contributed by atoms with Gasteiger partial charge in [0.15, 0.2) is 0 Å². The van der Waals surface area contributed by atoms with Gasteiger partial charge in [-0.05, 0) is 20.3 Å². The highest BCUT2D eigenvalue weighted by Gasteiger charge is 2.27. The van der Waals surface area contributed by atoms with Crippen LogP contribution in [-0.4, -0.2) is 47.1 Å². The zero-order chi connectivity index (χ0) is 16.9. The van der Waals surface area contributed by atoms with Crippen molar-refractivity contribution in [2.24, 2.45) is 0 Å². The summed E-state index contributed by atoms with van der Waals surface area (Å²) in [6, 6.07) is 5.38. The molecule has 0 amide bonds. The molecule has 0 radical (unpaired) electrons. The number of hydrogen-bond acceptors (Lipinski definition) is 5. The van der Waals surface area contributed by atoms with Crippen LogP contribution >= 0.6 is 0 Å². The van der Waals surface area contributed by atoms with Crippen molar-refractivity contribution < 1.29 is 23.2 Å². The Kier molecular flexibility index (Phi) is 6.01. The molecule has 0 unspecified atom stereocenters. The molecule has 22 heavy (non-hydrogen) atoms. The van der Waals surface area contributed by atoms with Crippen LogP contribution in [-0.2, 0) is 21.2 Å². The molecule has 0 heterocycles. The lowest BCUT2D eigenvalue weighted by molar-refractivity contribution is -0.385. The summed E-state index contributed by atoms with van der Waals surface area (Å²) in [7, 11) is -3.83. The van der Waals surface area contributed by atoms with Gasteiger partial charge in [-0.2, -0.15) is 4.31 Å². The summed E-state index contributed by atoms with van der Waals surface area (Å²) in [5, 5.41) is 19.7. The summed E-state index contributed by atoms with van der Waals surface area (Å²) in [6.07, 6.45) is -0.0532. The minimum atomic E-state index is -3.83. The van der Waals surface area contributed by atoms with E-state index in [0.29, 0.717) is 5.56 Å². The maximum Gasteiger partial charge on any atom is 0.318 e. The van der Waals surface area contributed by atoms with Gasteiger partial charge in [0.2, 0.25) is 10.0 Å². The van der Waals surface area contributed by atoms with Crippen molar-refractivity contribution in [3.05, 3.63) is 39.9 Å². The van der Waals surface area contributed by atoms with Crippen molar-refractivity contribution in [3.8, 4) is 0 Å². The maximum absolute atomic E-state index is 12.3. The average molecular weight is 330 g/mol. The molecule has 0 spiro atoms. The lowest BCUT2D eigenvalue weighted by Crippen LogP contribution is -2.42. The summed E-state index contributed by atoms with van der Waals surface area (Å²) >= 11 is 0. The van der Waals surface area contributed by atoms with E-state index in [9.17, 15) is 23.3 Å². The number of para-hydroxylation sites is 1. The monoisotopic (exact) mass is 330 g/mol. The number of carboxylic acid groups (broad SMARTS) is 1. The largest absolute Gasteiger partial charge is 0.480 e. The first kappa shape index (κ1) is 18.1. The molecule has 0 bridgehead atoms. The summed E-state index contributed by atoms with van der Waals surface area (Å²) in [5.41, 5.74) is 0.155. The number of nitrogens with zero attached hydrogens (tertiary/aromatic N) is 2. The quantitative estimate of drug-likeness (QED) is 0.566. The molecular formula is C13H18N2O6S. The highest BCUT2D eigenvalue weighted by Crippen LogP contribution is 2.19. The fourth-order valence-electron chi connectivity index (χ4n) is 1.99. The van der Waals surface area contributed by atoms with Crippen molar-refractivity contribution in [3.63, 3.8) is 0 Å². The Labute approximate surface area is 128 Å². The second kappa shape index (κ2) is 7.32. The Bertz CT molecular complexity index is 656. The van der Waals surface area contributed by atoms with E-state index in [1.807, 2.05) is 0 Å². The molecular weight excluding hydrogens is 312 g/mol. The number of hydrogen-bond donors (Lipinski definition) is 1. The predicted octanol–water partition coefficient (Wildman–Crippen LogP) is 1.26. The van der Waals surface area contributed by atoms with E-state index in [1.165, 1.54) is 18.2 Å². The highest BCUT2D eigenvalue weighted by atomic mass is 32.2. The molecule has 0 saturated heterocycles. The van der Waals surface area contributed by atoms with Gasteiger partial charge in [-0.3, -0.25) is 14.9 Å². The van der Waals surface area contributed by atoms with E-state index in [-0.39, 0.29) is 17.9 Å². The third-order valence-corrected chi connectivity index (χ3v) is 5.03. The number of rotatable bonds is 8. The Morgan fingerprint density at radius 2 is 1.95 bits per heavy atom. The molecule has 0 aliphatic carbocycles. The standard InChI is InChI=1S/C13H18N2O6S/c1-10(2)14(9-13(16)17)22(20,21)8-7-11-5-3-4-6-12(11)15(18)19/h3-6,10H,7-9H2,1-2H3,(H,16,17). The molecule has 0 atom stereocenters. The van der Waals surface area contributed by atoms with Crippen LogP contribution in [0.15, 0.2) is 24.3 Å². The van der Waals surface area contributed by atoms with Crippen LogP contribution in [0.2, 0.25) is 0 Å². The van der Waals surface area contributed by atoms with Crippen LogP contribution in [0.1, 0.15) is 19.4 Å². The van der Waals surface area contributed by atoms with Crippen molar-refractivity contribution >= 4 is 21.7 Å². The highest BCUT2D eigenvalue weighted by molar-refractivity contribution is 7.89. The number of aryl methyl sites for hydroxylation is 1. The molecule has 9 heteroatoms. The summed E-state index contributed by atoms with van der Waals surface area (Å²) < 4.78 is 25.4. The van der Waals surface area contributed by atoms with Gasteiger partial charge in [-0.25, -0.2) is 8.42 Å². The lowest BCUT2D eigenvalue weighted by Gasteiger charge is -2.24. The van der Waals surface area contributed by atoms with E-state index in [0.717, 1.165) is 4.31 Å². The van der Waals surface area contributed by atoms with E-state index in [4.69, 9.17) is 5.11 Å². The summed E-state index contributed by atoms with van der Waals surface area (Å²) in [5.74, 6) is -1.63. The third kappa shape index (κ3) is 4.78. The topological polar surface area (TPSA) is 118 Å². The lowest BCUT2D eigenvalue weighted by atomic mass is 10.1. The second-order valence-corrected chi connectivity index (χ2v) is 7.03. The van der Waals surface area contributed by atoms with Gasteiger partial charge in [-0.15, -0.1) is 0 Å². The molecule has 1 aromatic carbocycles. The molecule has 0 aromatic heterocycles. The van der Waals surface area contributed by atoms with Gasteiger partial charge >= 0.3 is 5.97 Å². The van der Waals surface area contributed by atoms with Crippen molar-refractivity contribution in [2.75, 3.05) is 12.3 Å². The Balaban J connectivity index is 2.94. The number of nitro groups is 1. The zero-order valence-corrected chi connectivity index (χ0v) is 13.1. The molecule has 122 valence electrons. The molecule has 0 aliphatic rings. The zero-order valence-electron chi connectivity index (χ0n) is 12.3. The van der Waals surface area contributed by atoms with Crippen LogP contribution in [0.5, 0.6) is 0 Å². The fourth-order valence-corrected chi connectivity index (χ4v) is 3.65. The molecule has 8 nitrogen and oxygen atoms in total. The molecule has 0 fully saturated rings. The van der Waals surface area contributed by atoms with Crippen molar-refractivity contribution in [1.29, 1.82) is 0 Å². The smallest absolute Gasteiger partial charge is 0.318 e. The number of nitro benzene ring substituents is 1. The van der Waals surface area contributed by atoms with E-state index < -0.39 is 33.5 Å². The fraction of sp³-hybridized carbons (Fsp3) is 0.462. The van der Waals surface area contributed by atoms with Gasteiger partial charge in [0.05, 0.1) is 10.7 Å². The van der Waals surface area contributed by atoms with Gasteiger partial charge in [-0.1, -0.05) is 18.2 Å². The van der Waals surface area contributed by atoms with Crippen LogP contribution in [0.25, 0.3) is 0 Å². The van der Waals surface area contributed by atoms with Crippen molar-refractivity contribution in [2.45, 2.75) is 26.3 Å². The number of sulfonamides is 1. The van der Waals surface area contributed by atoms with Gasteiger partial charge in [0.25, 0.3) is 5.69 Å². The number of carboxylic acids is 1. The molecule has 0 saturated carbocycles. The van der Waals surface area contributed by atoms with Crippen LogP contribution < -0.4 is 0 Å². The minimum absolute atomic E-state index is 0.0532. The maximum atomic E-state index is 12.3. The first-order valence-electron chi connectivity index (χ1n) is 6.58. The van der Waals surface area contributed by atoms with Gasteiger partial charge in [0, 0.05) is 17.7 Å². The normalized spacial score (nSPS) is 11.8. The SMILES string of the molecule is CC(C)N(CC(=O)O)S(=O)(=O)CCc1ccccc1[N+](=O)[O-]. The van der Waals surface area contributed by atoms with E-state index >= 15 is 0 Å². The van der Waals surface area contributed by atoms with Crippen LogP contribution in [0.4, 0.5) is 5.69 Å². The van der Waals surface area contributed by atoms with Crippen LogP contribution in [0.3, 0.4) is 0 Å². The predicted molar refractivity (Wildman–Crippen MR) is 80.1 cm³/mol. The molecule has 0 aliphatic heterocycles. The molecule has 1 rings (SSSR count). The summed E-state index contributed by atoms with van der Waals surface area (Å²) in [4.78, 5) is 21.1. The molecule has 1 aromatic rings. The Morgan fingerprint density at radius 1 is 1.36 bits per heavy atom. The van der Waals surface area contributed by atoms with E-state index in [1.54, 1.807) is 19.9 Å². The first-order valence-corrected chi connectivity index (χ1v) is 8.19. The minimum Gasteiger partial charge on any atom is -0.480 e. The number of aliphatic carboxylic acids is 1. The Hall–Kier alpha value is -2.00. The third-order valence-electron chi connectivity index (χ3n) is 3.04. The van der Waals surface area contributed by atoms with Gasteiger partial charge < -0.3 is 5.11 Å². The van der Waals surface area contributed by atoms with Gasteiger partial charge in [0.1, 0.15) is 6.54 Å². The average Bonchev–Trinajstić information content (AvgIpc) is 2.42. The van der Waals surface area contributed by atoms with E-state index in [2.05, 4.69) is 0 Å². The summed E-state index contributed by atoms with van der Waals surface area (Å²) in [6.45, 7) is 2.52. The number of carbonyl (C=O) groups is 1.